The van der Waals surface area contributed by atoms with Gasteiger partial charge in [-0.15, -0.1) is 0 Å². The van der Waals surface area contributed by atoms with E-state index in [1.807, 2.05) is 26.0 Å². The van der Waals surface area contributed by atoms with Crippen molar-refractivity contribution >= 4 is 29.2 Å². The van der Waals surface area contributed by atoms with Crippen LogP contribution in [-0.2, 0) is 14.3 Å². The zero-order valence-corrected chi connectivity index (χ0v) is 22.8. The van der Waals surface area contributed by atoms with Gasteiger partial charge in [0, 0.05) is 37.0 Å². The van der Waals surface area contributed by atoms with Crippen molar-refractivity contribution in [2.75, 3.05) is 44.3 Å². The third-order valence-corrected chi connectivity index (χ3v) is 7.80. The normalized spacial score (nSPS) is 21.5. The average Bonchev–Trinajstić information content (AvgIpc) is 3.53. The van der Waals surface area contributed by atoms with Crippen molar-refractivity contribution in [1.82, 2.24) is 15.1 Å². The number of fused-ring (bicyclic) bond motifs is 1. The number of pyridine rings is 1. The molecule has 0 aliphatic carbocycles. The highest BCUT2D eigenvalue weighted by molar-refractivity contribution is 6.03. The predicted octanol–water partition coefficient (Wildman–Crippen LogP) is 0.996. The Bertz CT molecular complexity index is 1280. The fourth-order valence-corrected chi connectivity index (χ4v) is 5.87. The highest BCUT2D eigenvalue weighted by Gasteiger charge is 2.52. The number of aromatic nitrogens is 1. The number of carbonyl (C=O) groups is 4. The SMILES string of the molecule is CC(C)CC(NC(=O)c1ccc(N2CCOCC2)cc1)C(=O)N1CCC2C1C(=O)CN2C(=O)c1ccc[n+]([O-])c1. The molecule has 11 nitrogen and oxygen atoms in total. The Morgan fingerprint density at radius 2 is 1.77 bits per heavy atom. The van der Waals surface area contributed by atoms with Crippen LogP contribution >= 0.6 is 0 Å². The highest BCUT2D eigenvalue weighted by Crippen LogP contribution is 2.32. The minimum absolute atomic E-state index is 0.116. The van der Waals surface area contributed by atoms with Crippen LogP contribution in [0.1, 0.15) is 47.4 Å². The number of hydrogen-bond donors (Lipinski definition) is 1. The number of nitrogens with one attached hydrogen (secondary N) is 1. The first-order chi connectivity index (χ1) is 19.2. The Kier molecular flexibility index (Phi) is 8.02. The molecule has 212 valence electrons. The van der Waals surface area contributed by atoms with Gasteiger partial charge in [0.15, 0.2) is 18.2 Å². The van der Waals surface area contributed by atoms with Gasteiger partial charge in [0.05, 0.1) is 25.8 Å². The summed E-state index contributed by atoms with van der Waals surface area (Å²) in [7, 11) is 0. The van der Waals surface area contributed by atoms with Gasteiger partial charge >= 0.3 is 0 Å². The van der Waals surface area contributed by atoms with Crippen LogP contribution in [0.3, 0.4) is 0 Å². The van der Waals surface area contributed by atoms with Crippen LogP contribution in [0, 0.1) is 11.1 Å². The molecule has 3 aliphatic heterocycles. The molecule has 3 amide bonds. The van der Waals surface area contributed by atoms with E-state index in [9.17, 15) is 24.4 Å². The Morgan fingerprint density at radius 1 is 1.05 bits per heavy atom. The molecule has 1 aromatic carbocycles. The topological polar surface area (TPSA) is 126 Å². The van der Waals surface area contributed by atoms with Crippen LogP contribution in [0.4, 0.5) is 5.69 Å². The molecular weight excluding hydrogens is 514 g/mol. The molecule has 3 saturated heterocycles. The van der Waals surface area contributed by atoms with E-state index in [4.69, 9.17) is 4.74 Å². The third-order valence-electron chi connectivity index (χ3n) is 7.80. The maximum absolute atomic E-state index is 13.8. The summed E-state index contributed by atoms with van der Waals surface area (Å²) >= 11 is 0. The molecule has 2 aromatic rings. The molecule has 3 aliphatic rings. The lowest BCUT2D eigenvalue weighted by molar-refractivity contribution is -0.605. The predicted molar refractivity (Wildman–Crippen MR) is 146 cm³/mol. The van der Waals surface area contributed by atoms with Gasteiger partial charge in [0.2, 0.25) is 5.91 Å². The number of hydrogen-bond acceptors (Lipinski definition) is 7. The number of rotatable bonds is 7. The number of Topliss-reactive ketones (excluding diaryl/α,β-unsaturated/α-hetero) is 1. The Labute approximate surface area is 233 Å². The largest absolute Gasteiger partial charge is 0.619 e. The van der Waals surface area contributed by atoms with Gasteiger partial charge in [0.1, 0.15) is 17.6 Å². The van der Waals surface area contributed by atoms with E-state index >= 15 is 0 Å². The molecule has 40 heavy (non-hydrogen) atoms. The fourth-order valence-electron chi connectivity index (χ4n) is 5.87. The van der Waals surface area contributed by atoms with E-state index in [1.165, 1.54) is 34.3 Å². The summed E-state index contributed by atoms with van der Waals surface area (Å²) in [6, 6.07) is 8.28. The van der Waals surface area contributed by atoms with Gasteiger partial charge < -0.3 is 30.0 Å². The molecular formula is C29H35N5O6. The summed E-state index contributed by atoms with van der Waals surface area (Å²) in [6.45, 7) is 7.04. The van der Waals surface area contributed by atoms with Gasteiger partial charge in [-0.3, -0.25) is 19.2 Å². The number of amides is 3. The number of ether oxygens (including phenoxy) is 1. The first-order valence-electron chi connectivity index (χ1n) is 13.8. The van der Waals surface area contributed by atoms with Crippen LogP contribution in [0.5, 0.6) is 0 Å². The average molecular weight is 550 g/mol. The van der Waals surface area contributed by atoms with E-state index in [0.717, 1.165) is 18.8 Å². The fraction of sp³-hybridized carbons (Fsp3) is 0.483. The van der Waals surface area contributed by atoms with Gasteiger partial charge in [-0.25, -0.2) is 0 Å². The summed E-state index contributed by atoms with van der Waals surface area (Å²) < 4.78 is 5.95. The third kappa shape index (κ3) is 5.65. The van der Waals surface area contributed by atoms with E-state index in [1.54, 1.807) is 12.1 Å². The standard InChI is InChI=1S/C29H35N5O6/c1-19(2)16-23(30-27(36)20-5-7-22(8-6-20)31-12-14-40-15-13-31)29(38)33-11-9-24-26(33)25(35)18-34(24)28(37)21-4-3-10-32(39)17-21/h3-8,10,17,19,23-24,26H,9,11-16,18H2,1-2H3,(H,30,36). The molecule has 5 rings (SSSR count). The number of likely N-dealkylation sites (tertiary alicyclic amines) is 2. The smallest absolute Gasteiger partial charge is 0.260 e. The molecule has 3 unspecified atom stereocenters. The lowest BCUT2D eigenvalue weighted by atomic mass is 10.0. The second kappa shape index (κ2) is 11.6. The lowest BCUT2D eigenvalue weighted by Crippen LogP contribution is -2.53. The van der Waals surface area contributed by atoms with Crippen LogP contribution in [0.2, 0.25) is 0 Å². The maximum atomic E-state index is 13.8. The molecule has 3 atom stereocenters. The second-order valence-corrected chi connectivity index (χ2v) is 11.0. The van der Waals surface area contributed by atoms with Gasteiger partial charge in [-0.2, -0.15) is 4.73 Å². The van der Waals surface area contributed by atoms with Crippen LogP contribution < -0.4 is 14.9 Å². The van der Waals surface area contributed by atoms with Crippen molar-refractivity contribution in [2.45, 2.75) is 44.8 Å². The van der Waals surface area contributed by atoms with Crippen molar-refractivity contribution in [3.63, 3.8) is 0 Å². The van der Waals surface area contributed by atoms with Crippen molar-refractivity contribution in [3.05, 3.63) is 65.1 Å². The van der Waals surface area contributed by atoms with E-state index in [2.05, 4.69) is 10.2 Å². The molecule has 11 heteroatoms. The van der Waals surface area contributed by atoms with Crippen molar-refractivity contribution in [3.8, 4) is 0 Å². The number of benzene rings is 1. The minimum atomic E-state index is -0.809. The van der Waals surface area contributed by atoms with Crippen LogP contribution in [0.25, 0.3) is 0 Å². The van der Waals surface area contributed by atoms with E-state index in [-0.39, 0.29) is 35.6 Å². The first-order valence-corrected chi connectivity index (χ1v) is 13.8. The molecule has 4 heterocycles. The quantitative estimate of drug-likeness (QED) is 0.403. The van der Waals surface area contributed by atoms with Crippen LogP contribution in [0.15, 0.2) is 48.8 Å². The number of nitrogens with zero attached hydrogens (tertiary/aromatic N) is 4. The molecule has 1 aromatic heterocycles. The maximum Gasteiger partial charge on any atom is 0.260 e. The molecule has 0 spiro atoms. The number of ketones is 1. The van der Waals surface area contributed by atoms with Crippen molar-refractivity contribution < 1.29 is 28.6 Å². The van der Waals surface area contributed by atoms with Crippen molar-refractivity contribution in [1.29, 1.82) is 0 Å². The first kappa shape index (κ1) is 27.6. The zero-order valence-electron chi connectivity index (χ0n) is 22.8. The Balaban J connectivity index is 1.28. The number of anilines is 1. The van der Waals surface area contributed by atoms with E-state index in [0.29, 0.717) is 42.9 Å². The summed E-state index contributed by atoms with van der Waals surface area (Å²) in [5.41, 5.74) is 1.66. The zero-order chi connectivity index (χ0) is 28.4. The molecule has 3 fully saturated rings. The Morgan fingerprint density at radius 3 is 2.45 bits per heavy atom. The highest BCUT2D eigenvalue weighted by atomic mass is 16.5. The molecule has 0 bridgehead atoms. The number of morpholine rings is 1. The summed E-state index contributed by atoms with van der Waals surface area (Å²) in [4.78, 5) is 58.4. The summed E-state index contributed by atoms with van der Waals surface area (Å²) in [5, 5.41) is 14.6. The molecule has 0 radical (unpaired) electrons. The van der Waals surface area contributed by atoms with Gasteiger partial charge in [-0.1, -0.05) is 13.8 Å². The molecule has 0 saturated carbocycles. The summed E-state index contributed by atoms with van der Waals surface area (Å²) in [5.74, 6) is -1.19. The van der Waals surface area contributed by atoms with Gasteiger partial charge in [0.25, 0.3) is 11.8 Å². The monoisotopic (exact) mass is 549 g/mol. The lowest BCUT2D eigenvalue weighted by Gasteiger charge is -2.29. The van der Waals surface area contributed by atoms with Gasteiger partial charge in [-0.05, 0) is 49.1 Å². The summed E-state index contributed by atoms with van der Waals surface area (Å²) in [6.07, 6.45) is 3.32. The van der Waals surface area contributed by atoms with Crippen molar-refractivity contribution in [2.24, 2.45) is 5.92 Å². The minimum Gasteiger partial charge on any atom is -0.619 e. The van der Waals surface area contributed by atoms with Crippen LogP contribution in [-0.4, -0.2) is 90.8 Å². The Hall–Kier alpha value is -3.99. The van der Waals surface area contributed by atoms with E-state index < -0.39 is 24.0 Å². The second-order valence-electron chi connectivity index (χ2n) is 11.0. The number of carbonyl (C=O) groups excluding carboxylic acids is 4. The molecule has 1 N–H and O–H groups in total.